The largest absolute Gasteiger partial charge is 0.366 e. The molecule has 0 radical (unpaired) electrons. The molecule has 0 aliphatic heterocycles. The van der Waals surface area contributed by atoms with Gasteiger partial charge in [0.25, 0.3) is 0 Å². The number of pyridine rings is 1. The van der Waals surface area contributed by atoms with E-state index in [4.69, 9.17) is 11.0 Å². The summed E-state index contributed by atoms with van der Waals surface area (Å²) in [5.41, 5.74) is 7.54. The molecule has 1 aromatic heterocycles. The van der Waals surface area contributed by atoms with Crippen LogP contribution >= 0.6 is 11.6 Å². The van der Waals surface area contributed by atoms with Crippen molar-refractivity contribution in [2.45, 2.75) is 6.92 Å². The molecule has 1 heterocycles. The van der Waals surface area contributed by atoms with Crippen molar-refractivity contribution in [1.29, 1.82) is 5.26 Å². The van der Waals surface area contributed by atoms with Gasteiger partial charge in [0.05, 0.1) is 5.56 Å². The van der Waals surface area contributed by atoms with Crippen molar-refractivity contribution in [2.24, 2.45) is 5.73 Å². The predicted octanol–water partition coefficient (Wildman–Crippen LogP) is 1.20. The summed E-state index contributed by atoms with van der Waals surface area (Å²) in [7, 11) is 0. The lowest BCUT2D eigenvalue weighted by atomic mass is 10.2. The summed E-state index contributed by atoms with van der Waals surface area (Å²) >= 11 is 4.30. The zero-order valence-corrected chi connectivity index (χ0v) is 7.75. The molecule has 1 aromatic rings. The first kappa shape index (κ1) is 11.4. The molecule has 1 amide bonds. The number of amides is 1. The van der Waals surface area contributed by atoms with E-state index in [9.17, 15) is 4.79 Å². The standard InChI is InChI=1S/C7H8N2O.CClN/c1-5-2-3-6(4-9-5)7(8)10;2-1-3/h2-4H,1H3,(H2,8,10);. The molecule has 13 heavy (non-hydrogen) atoms. The van der Waals surface area contributed by atoms with Gasteiger partial charge in [0, 0.05) is 23.5 Å². The van der Waals surface area contributed by atoms with Crippen LogP contribution in [0.25, 0.3) is 0 Å². The Hall–Kier alpha value is -1.60. The van der Waals surface area contributed by atoms with Crippen LogP contribution in [0.5, 0.6) is 0 Å². The topological polar surface area (TPSA) is 79.8 Å². The summed E-state index contributed by atoms with van der Waals surface area (Å²) in [5.74, 6) is -0.438. The van der Waals surface area contributed by atoms with Crippen molar-refractivity contribution < 1.29 is 4.79 Å². The van der Waals surface area contributed by atoms with E-state index in [2.05, 4.69) is 16.6 Å². The van der Waals surface area contributed by atoms with Gasteiger partial charge in [-0.15, -0.1) is 0 Å². The molecule has 0 saturated heterocycles. The van der Waals surface area contributed by atoms with Gasteiger partial charge in [-0.1, -0.05) is 0 Å². The third-order valence-corrected chi connectivity index (χ3v) is 1.20. The number of nitriles is 1. The highest BCUT2D eigenvalue weighted by atomic mass is 35.5. The highest BCUT2D eigenvalue weighted by Gasteiger charge is 1.97. The van der Waals surface area contributed by atoms with Crippen LogP contribution < -0.4 is 5.73 Å². The number of halogens is 1. The average Bonchev–Trinajstić information content (AvgIpc) is 2.06. The molecule has 0 saturated carbocycles. The lowest BCUT2D eigenvalue weighted by Gasteiger charge is -1.93. The monoisotopic (exact) mass is 197 g/mol. The molecule has 68 valence electrons. The highest BCUT2D eigenvalue weighted by Crippen LogP contribution is 1.96. The maximum absolute atomic E-state index is 10.5. The van der Waals surface area contributed by atoms with E-state index in [1.54, 1.807) is 12.1 Å². The first-order chi connectivity index (χ1) is 6.11. The number of primary amides is 1. The Morgan fingerprint density at radius 1 is 1.69 bits per heavy atom. The third kappa shape index (κ3) is 4.77. The van der Waals surface area contributed by atoms with Crippen LogP contribution in [0.2, 0.25) is 0 Å². The molecule has 4 nitrogen and oxygen atoms in total. The normalized spacial score (nSPS) is 7.77. The second-order valence-electron chi connectivity index (χ2n) is 2.14. The molecular formula is C8H8ClN3O. The second kappa shape index (κ2) is 5.98. The van der Waals surface area contributed by atoms with Crippen LogP contribution in [-0.4, -0.2) is 10.9 Å². The Kier molecular flexibility index (Phi) is 5.24. The minimum atomic E-state index is -0.438. The molecule has 0 unspecified atom stereocenters. The van der Waals surface area contributed by atoms with Crippen molar-refractivity contribution in [3.8, 4) is 5.53 Å². The fraction of sp³-hybridized carbons (Fsp3) is 0.125. The van der Waals surface area contributed by atoms with E-state index in [0.717, 1.165) is 5.69 Å². The maximum Gasteiger partial charge on any atom is 0.250 e. The first-order valence-corrected chi connectivity index (χ1v) is 3.71. The van der Waals surface area contributed by atoms with Crippen molar-refractivity contribution >= 4 is 17.5 Å². The van der Waals surface area contributed by atoms with Gasteiger partial charge in [-0.25, -0.2) is 0 Å². The number of hydrogen-bond acceptors (Lipinski definition) is 3. The fourth-order valence-electron chi connectivity index (χ4n) is 0.614. The molecule has 2 N–H and O–H groups in total. The van der Waals surface area contributed by atoms with Crippen molar-refractivity contribution in [3.05, 3.63) is 29.6 Å². The van der Waals surface area contributed by atoms with Gasteiger partial charge in [0.15, 0.2) is 5.53 Å². The highest BCUT2D eigenvalue weighted by molar-refractivity contribution is 6.28. The van der Waals surface area contributed by atoms with Gasteiger partial charge >= 0.3 is 0 Å². The predicted molar refractivity (Wildman–Crippen MR) is 49.0 cm³/mol. The van der Waals surface area contributed by atoms with Gasteiger partial charge in [-0.3, -0.25) is 9.78 Å². The second-order valence-corrected chi connectivity index (χ2v) is 2.31. The Morgan fingerprint density at radius 2 is 2.23 bits per heavy atom. The molecule has 0 aromatic carbocycles. The summed E-state index contributed by atoms with van der Waals surface area (Å²) in [4.78, 5) is 14.4. The fourth-order valence-corrected chi connectivity index (χ4v) is 0.614. The zero-order valence-electron chi connectivity index (χ0n) is 6.99. The summed E-state index contributed by atoms with van der Waals surface area (Å²) < 4.78 is 0. The van der Waals surface area contributed by atoms with Gasteiger partial charge < -0.3 is 5.73 Å². The smallest absolute Gasteiger partial charge is 0.250 e. The number of nitrogens with two attached hydrogens (primary N) is 1. The van der Waals surface area contributed by atoms with Gasteiger partial charge in [-0.2, -0.15) is 5.26 Å². The SMILES string of the molecule is Cc1ccc(C(N)=O)cn1.N#CCl. The van der Waals surface area contributed by atoms with E-state index in [0.29, 0.717) is 5.56 Å². The molecule has 0 atom stereocenters. The number of hydrogen-bond donors (Lipinski definition) is 1. The van der Waals surface area contributed by atoms with E-state index >= 15 is 0 Å². The first-order valence-electron chi connectivity index (χ1n) is 3.34. The Labute approximate surface area is 80.9 Å². The van der Waals surface area contributed by atoms with Gasteiger partial charge in [0.1, 0.15) is 0 Å². The number of carbonyl (C=O) groups excluding carboxylic acids is 1. The molecule has 0 fully saturated rings. The maximum atomic E-state index is 10.5. The van der Waals surface area contributed by atoms with Crippen molar-refractivity contribution in [2.75, 3.05) is 0 Å². The molecule has 5 heteroatoms. The van der Waals surface area contributed by atoms with Crippen LogP contribution in [-0.2, 0) is 0 Å². The van der Waals surface area contributed by atoms with Crippen LogP contribution in [0.1, 0.15) is 16.1 Å². The quantitative estimate of drug-likeness (QED) is 0.735. The zero-order chi connectivity index (χ0) is 10.3. The number of aryl methyl sites for hydroxylation is 1. The minimum Gasteiger partial charge on any atom is -0.366 e. The lowest BCUT2D eigenvalue weighted by molar-refractivity contribution is 0.1000. The third-order valence-electron chi connectivity index (χ3n) is 1.20. The van der Waals surface area contributed by atoms with Gasteiger partial charge in [0.2, 0.25) is 5.91 Å². The van der Waals surface area contributed by atoms with Crippen molar-refractivity contribution in [1.82, 2.24) is 4.98 Å². The molecule has 0 spiro atoms. The summed E-state index contributed by atoms with van der Waals surface area (Å²) in [6.07, 6.45) is 1.47. The van der Waals surface area contributed by atoms with Crippen LogP contribution in [0.4, 0.5) is 0 Å². The van der Waals surface area contributed by atoms with E-state index < -0.39 is 5.91 Å². The number of carbonyl (C=O) groups is 1. The molecule has 0 aliphatic rings. The number of nitrogens with zero attached hydrogens (tertiary/aromatic N) is 2. The molecule has 1 rings (SSSR count). The average molecular weight is 198 g/mol. The van der Waals surface area contributed by atoms with Crippen LogP contribution in [0.15, 0.2) is 18.3 Å². The molecule has 0 bridgehead atoms. The number of rotatable bonds is 1. The van der Waals surface area contributed by atoms with E-state index in [-0.39, 0.29) is 0 Å². The molecule has 0 aliphatic carbocycles. The van der Waals surface area contributed by atoms with Gasteiger partial charge in [-0.05, 0) is 19.1 Å². The summed E-state index contributed by atoms with van der Waals surface area (Å²) in [6, 6.07) is 3.41. The minimum absolute atomic E-state index is 0.438. The Balaban J connectivity index is 0.000000424. The Morgan fingerprint density at radius 3 is 2.54 bits per heavy atom. The van der Waals surface area contributed by atoms with Crippen LogP contribution in [0.3, 0.4) is 0 Å². The lowest BCUT2D eigenvalue weighted by Crippen LogP contribution is -2.10. The Bertz CT molecular complexity index is 315. The summed E-state index contributed by atoms with van der Waals surface area (Å²) in [5, 5.41) is 7.08. The van der Waals surface area contributed by atoms with E-state index in [1.807, 2.05) is 6.92 Å². The summed E-state index contributed by atoms with van der Waals surface area (Å²) in [6.45, 7) is 1.85. The molecular weight excluding hydrogens is 190 g/mol. The van der Waals surface area contributed by atoms with Crippen LogP contribution in [0, 0.1) is 17.7 Å². The number of aromatic nitrogens is 1. The van der Waals surface area contributed by atoms with E-state index in [1.165, 1.54) is 11.7 Å². The van der Waals surface area contributed by atoms with Crippen molar-refractivity contribution in [3.63, 3.8) is 0 Å².